The molecule has 2 aromatic rings. The van der Waals surface area contributed by atoms with Gasteiger partial charge in [-0.05, 0) is 42.5 Å². The minimum absolute atomic E-state index is 0.298. The zero-order valence-corrected chi connectivity index (χ0v) is 16.3. The Morgan fingerprint density at radius 2 is 1.89 bits per heavy atom. The Kier molecular flexibility index (Phi) is 5.06. The van der Waals surface area contributed by atoms with Gasteiger partial charge in [0, 0.05) is 38.0 Å². The van der Waals surface area contributed by atoms with Crippen molar-refractivity contribution >= 4 is 5.96 Å². The van der Waals surface area contributed by atoms with E-state index in [-0.39, 0.29) is 0 Å². The summed E-state index contributed by atoms with van der Waals surface area (Å²) in [4.78, 5) is 6.96. The summed E-state index contributed by atoms with van der Waals surface area (Å²) in [5.74, 6) is 2.51. The van der Waals surface area contributed by atoms with Gasteiger partial charge in [-0.1, -0.05) is 42.5 Å². The molecule has 1 aliphatic carbocycles. The van der Waals surface area contributed by atoms with Gasteiger partial charge in [0.2, 0.25) is 0 Å². The highest BCUT2D eigenvalue weighted by atomic mass is 16.5. The van der Waals surface area contributed by atoms with Crippen LogP contribution in [0.5, 0.6) is 5.75 Å². The average Bonchev–Trinajstić information content (AvgIpc) is 3.37. The number of nitrogens with one attached hydrogen (secondary N) is 1. The lowest BCUT2D eigenvalue weighted by Crippen LogP contribution is -2.43. The van der Waals surface area contributed by atoms with E-state index in [2.05, 4.69) is 69.8 Å². The number of benzene rings is 2. The van der Waals surface area contributed by atoms with E-state index in [0.717, 1.165) is 37.8 Å². The second kappa shape index (κ2) is 7.63. The number of ether oxygens (including phenoxy) is 1. The molecule has 0 spiro atoms. The highest BCUT2D eigenvalue weighted by Crippen LogP contribution is 2.47. The van der Waals surface area contributed by atoms with E-state index in [1.807, 2.05) is 7.05 Å². The van der Waals surface area contributed by atoms with Crippen molar-refractivity contribution in [3.05, 3.63) is 65.7 Å². The van der Waals surface area contributed by atoms with E-state index in [9.17, 15) is 0 Å². The first-order valence-electron chi connectivity index (χ1n) is 9.89. The van der Waals surface area contributed by atoms with E-state index < -0.39 is 0 Å². The Morgan fingerprint density at radius 3 is 2.52 bits per heavy atom. The summed E-state index contributed by atoms with van der Waals surface area (Å²) in [6.45, 7) is 3.03. The van der Waals surface area contributed by atoms with E-state index in [4.69, 9.17) is 4.74 Å². The zero-order chi connectivity index (χ0) is 18.7. The number of methoxy groups -OCH3 is 1. The zero-order valence-electron chi connectivity index (χ0n) is 16.3. The topological polar surface area (TPSA) is 36.9 Å². The lowest BCUT2D eigenvalue weighted by Gasteiger charge is -2.25. The normalized spacial score (nSPS) is 21.2. The standard InChI is InChI=1S/C23H29N3O/c1-24-22(25-17-23(13-14-23)20-6-4-3-5-7-20)26-15-12-19(16-26)18-8-10-21(27-2)11-9-18/h3-11,19H,12-17H2,1-2H3,(H,24,25). The predicted molar refractivity (Wildman–Crippen MR) is 111 cm³/mol. The van der Waals surface area contributed by atoms with Crippen LogP contribution in [0.3, 0.4) is 0 Å². The smallest absolute Gasteiger partial charge is 0.193 e. The van der Waals surface area contributed by atoms with Gasteiger partial charge in [-0.25, -0.2) is 0 Å². The van der Waals surface area contributed by atoms with Gasteiger partial charge in [0.1, 0.15) is 5.75 Å². The number of hydrogen-bond donors (Lipinski definition) is 1. The molecule has 2 aromatic carbocycles. The number of rotatable bonds is 5. The van der Waals surface area contributed by atoms with Gasteiger partial charge in [-0.2, -0.15) is 0 Å². The monoisotopic (exact) mass is 363 g/mol. The first kappa shape index (κ1) is 17.9. The highest BCUT2D eigenvalue weighted by molar-refractivity contribution is 5.80. The molecule has 1 unspecified atom stereocenters. The number of nitrogens with zero attached hydrogens (tertiary/aromatic N) is 2. The van der Waals surface area contributed by atoms with Crippen molar-refractivity contribution in [1.29, 1.82) is 0 Å². The molecular weight excluding hydrogens is 334 g/mol. The largest absolute Gasteiger partial charge is 0.497 e. The number of hydrogen-bond acceptors (Lipinski definition) is 2. The fourth-order valence-electron chi connectivity index (χ4n) is 4.19. The second-order valence-corrected chi connectivity index (χ2v) is 7.75. The van der Waals surface area contributed by atoms with Gasteiger partial charge < -0.3 is 15.0 Å². The molecule has 2 aliphatic rings. The maximum Gasteiger partial charge on any atom is 0.193 e. The molecule has 4 nitrogen and oxygen atoms in total. The van der Waals surface area contributed by atoms with E-state index in [0.29, 0.717) is 11.3 Å². The van der Waals surface area contributed by atoms with Crippen LogP contribution >= 0.6 is 0 Å². The van der Waals surface area contributed by atoms with Gasteiger partial charge in [-0.3, -0.25) is 4.99 Å². The molecule has 1 saturated carbocycles. The molecule has 4 rings (SSSR count). The molecule has 2 fully saturated rings. The molecule has 0 radical (unpaired) electrons. The lowest BCUT2D eigenvalue weighted by molar-refractivity contribution is 0.414. The van der Waals surface area contributed by atoms with Crippen LogP contribution in [0.1, 0.15) is 36.3 Å². The summed E-state index contributed by atoms with van der Waals surface area (Å²) in [5.41, 5.74) is 3.13. The van der Waals surface area contributed by atoms with Crippen LogP contribution in [-0.4, -0.2) is 44.7 Å². The van der Waals surface area contributed by atoms with Gasteiger partial charge in [0.05, 0.1) is 7.11 Å². The Hall–Kier alpha value is -2.49. The third kappa shape index (κ3) is 3.80. The fraction of sp³-hybridized carbons (Fsp3) is 0.435. The maximum absolute atomic E-state index is 5.28. The van der Waals surface area contributed by atoms with Crippen molar-refractivity contribution in [2.24, 2.45) is 4.99 Å². The van der Waals surface area contributed by atoms with Gasteiger partial charge >= 0.3 is 0 Å². The maximum atomic E-state index is 5.28. The SMILES string of the molecule is CN=C(NCC1(c2ccccc2)CC1)N1CCC(c2ccc(OC)cc2)C1. The minimum Gasteiger partial charge on any atom is -0.497 e. The Morgan fingerprint density at radius 1 is 1.15 bits per heavy atom. The van der Waals surface area contributed by atoms with Crippen LogP contribution in [0.4, 0.5) is 0 Å². The molecule has 27 heavy (non-hydrogen) atoms. The summed E-state index contributed by atoms with van der Waals surface area (Å²) in [7, 11) is 3.61. The third-order valence-electron chi connectivity index (χ3n) is 6.11. The van der Waals surface area contributed by atoms with Crippen molar-refractivity contribution in [2.75, 3.05) is 33.8 Å². The Labute approximate surface area is 162 Å². The number of likely N-dealkylation sites (tertiary alicyclic amines) is 1. The molecule has 1 heterocycles. The molecular formula is C23H29N3O. The van der Waals surface area contributed by atoms with Crippen LogP contribution < -0.4 is 10.1 Å². The quantitative estimate of drug-likeness (QED) is 0.649. The molecule has 142 valence electrons. The summed E-state index contributed by atoms with van der Waals surface area (Å²) >= 11 is 0. The van der Waals surface area contributed by atoms with E-state index in [1.54, 1.807) is 7.11 Å². The Balaban J connectivity index is 1.36. The van der Waals surface area contributed by atoms with Crippen LogP contribution in [0, 0.1) is 0 Å². The lowest BCUT2D eigenvalue weighted by atomic mass is 9.96. The van der Waals surface area contributed by atoms with E-state index in [1.165, 1.54) is 24.0 Å². The van der Waals surface area contributed by atoms with Crippen molar-refractivity contribution < 1.29 is 4.74 Å². The molecule has 0 amide bonds. The summed E-state index contributed by atoms with van der Waals surface area (Å²) in [5, 5.41) is 3.66. The first-order valence-corrected chi connectivity index (χ1v) is 9.89. The molecule has 4 heteroatoms. The van der Waals surface area contributed by atoms with Crippen molar-refractivity contribution in [1.82, 2.24) is 10.2 Å². The first-order chi connectivity index (χ1) is 13.2. The minimum atomic E-state index is 0.298. The van der Waals surface area contributed by atoms with Gasteiger partial charge in [0.25, 0.3) is 0 Å². The van der Waals surface area contributed by atoms with Crippen LogP contribution in [0.15, 0.2) is 59.6 Å². The second-order valence-electron chi connectivity index (χ2n) is 7.75. The summed E-state index contributed by atoms with van der Waals surface area (Å²) < 4.78 is 5.28. The molecule has 1 saturated heterocycles. The number of guanidine groups is 1. The average molecular weight is 364 g/mol. The molecule has 0 aromatic heterocycles. The summed E-state index contributed by atoms with van der Waals surface area (Å²) in [6, 6.07) is 19.4. The molecule has 1 aliphatic heterocycles. The van der Waals surface area contributed by atoms with Crippen LogP contribution in [0.2, 0.25) is 0 Å². The molecule has 1 N–H and O–H groups in total. The highest BCUT2D eigenvalue weighted by Gasteiger charge is 2.44. The Bertz CT molecular complexity index is 781. The van der Waals surface area contributed by atoms with Gasteiger partial charge in [0.15, 0.2) is 5.96 Å². The fourth-order valence-corrected chi connectivity index (χ4v) is 4.19. The van der Waals surface area contributed by atoms with Crippen molar-refractivity contribution in [2.45, 2.75) is 30.6 Å². The van der Waals surface area contributed by atoms with Crippen molar-refractivity contribution in [3.63, 3.8) is 0 Å². The number of aliphatic imine (C=N–C) groups is 1. The van der Waals surface area contributed by atoms with Crippen LogP contribution in [0.25, 0.3) is 0 Å². The van der Waals surface area contributed by atoms with Gasteiger partial charge in [-0.15, -0.1) is 0 Å². The van der Waals surface area contributed by atoms with E-state index >= 15 is 0 Å². The third-order valence-corrected chi connectivity index (χ3v) is 6.11. The molecule has 0 bridgehead atoms. The van der Waals surface area contributed by atoms with Crippen molar-refractivity contribution in [3.8, 4) is 5.75 Å². The summed E-state index contributed by atoms with van der Waals surface area (Å²) in [6.07, 6.45) is 3.68. The molecule has 1 atom stereocenters. The van der Waals surface area contributed by atoms with Crippen LogP contribution in [-0.2, 0) is 5.41 Å². The predicted octanol–water partition coefficient (Wildman–Crippen LogP) is 3.79.